The molecule has 0 saturated heterocycles. The molecule has 1 aliphatic heterocycles. The second kappa shape index (κ2) is 8.34. The predicted molar refractivity (Wildman–Crippen MR) is 123 cm³/mol. The Bertz CT molecular complexity index is 1170. The van der Waals surface area contributed by atoms with Crippen LogP contribution in [-0.2, 0) is 4.79 Å². The number of benzene rings is 2. The van der Waals surface area contributed by atoms with Gasteiger partial charge in [-0.2, -0.15) is 0 Å². The normalized spacial score (nSPS) is 15.3. The van der Waals surface area contributed by atoms with Crippen LogP contribution in [0, 0.1) is 0 Å². The van der Waals surface area contributed by atoms with E-state index in [0.29, 0.717) is 23.5 Å². The van der Waals surface area contributed by atoms with E-state index in [1.807, 2.05) is 37.3 Å². The van der Waals surface area contributed by atoms with Crippen molar-refractivity contribution in [2.24, 2.45) is 0 Å². The zero-order valence-electron chi connectivity index (χ0n) is 18.5. The van der Waals surface area contributed by atoms with Gasteiger partial charge in [-0.05, 0) is 54.4 Å². The summed E-state index contributed by atoms with van der Waals surface area (Å²) in [5.41, 5.74) is 3.71. The molecule has 0 aliphatic carbocycles. The molecule has 7 heteroatoms. The molecule has 0 radical (unpaired) electrons. The fourth-order valence-corrected chi connectivity index (χ4v) is 4.07. The first-order valence-electron chi connectivity index (χ1n) is 10.4. The summed E-state index contributed by atoms with van der Waals surface area (Å²) in [6, 6.07) is 16.1. The molecule has 0 fully saturated rings. The fraction of sp³-hybridized carbons (Fsp3) is 0.240. The number of amides is 3. The van der Waals surface area contributed by atoms with Gasteiger partial charge in [0.15, 0.2) is 5.76 Å². The zero-order chi connectivity index (χ0) is 23.0. The van der Waals surface area contributed by atoms with E-state index >= 15 is 0 Å². The average molecular weight is 431 g/mol. The van der Waals surface area contributed by atoms with Gasteiger partial charge in [-0.1, -0.05) is 18.2 Å². The van der Waals surface area contributed by atoms with Gasteiger partial charge in [0, 0.05) is 33.1 Å². The van der Waals surface area contributed by atoms with Gasteiger partial charge in [-0.15, -0.1) is 0 Å². The molecule has 2 heterocycles. The fourth-order valence-electron chi connectivity index (χ4n) is 4.07. The monoisotopic (exact) mass is 431 g/mol. The number of nitrogens with zero attached hydrogens (tertiary/aromatic N) is 3. The second-order valence-electron chi connectivity index (χ2n) is 8.11. The lowest BCUT2D eigenvalue weighted by Crippen LogP contribution is -2.51. The lowest BCUT2D eigenvalue weighted by atomic mass is 9.99. The van der Waals surface area contributed by atoms with Crippen LogP contribution >= 0.6 is 0 Å². The number of hydrogen-bond donors (Lipinski definition) is 0. The summed E-state index contributed by atoms with van der Waals surface area (Å²) in [7, 11) is 3.43. The van der Waals surface area contributed by atoms with Gasteiger partial charge in [0.25, 0.3) is 11.8 Å². The summed E-state index contributed by atoms with van der Waals surface area (Å²) >= 11 is 0. The van der Waals surface area contributed by atoms with Crippen LogP contribution < -0.4 is 9.80 Å². The Balaban J connectivity index is 1.77. The lowest BCUT2D eigenvalue weighted by Gasteiger charge is -2.40. The molecule has 3 aromatic rings. The number of carbonyl (C=O) groups excluding carboxylic acids is 3. The van der Waals surface area contributed by atoms with Crippen molar-refractivity contribution in [1.82, 2.24) is 4.90 Å². The van der Waals surface area contributed by atoms with Crippen molar-refractivity contribution in [2.45, 2.75) is 19.9 Å². The van der Waals surface area contributed by atoms with Gasteiger partial charge in [-0.25, -0.2) is 0 Å². The molecule has 32 heavy (non-hydrogen) atoms. The molecule has 3 amide bonds. The summed E-state index contributed by atoms with van der Waals surface area (Å²) in [6.07, 6.45) is 1.47. The molecule has 1 aromatic heterocycles. The van der Waals surface area contributed by atoms with Crippen LogP contribution in [0.1, 0.15) is 34.8 Å². The highest BCUT2D eigenvalue weighted by molar-refractivity contribution is 6.10. The highest BCUT2D eigenvalue weighted by Crippen LogP contribution is 2.39. The van der Waals surface area contributed by atoms with Crippen molar-refractivity contribution < 1.29 is 18.8 Å². The SMILES string of the molecule is CC(=O)N1c2ccc(-c3ccc(C(=O)N(C)C)cc3)cc2N(C(=O)c2ccco2)C[C@@H]1C. The van der Waals surface area contributed by atoms with Crippen molar-refractivity contribution in [1.29, 1.82) is 0 Å². The smallest absolute Gasteiger partial charge is 0.294 e. The average Bonchev–Trinajstić information content (AvgIpc) is 3.32. The van der Waals surface area contributed by atoms with E-state index in [4.69, 9.17) is 4.42 Å². The summed E-state index contributed by atoms with van der Waals surface area (Å²) in [5.74, 6) is -0.154. The van der Waals surface area contributed by atoms with Crippen LogP contribution in [0.3, 0.4) is 0 Å². The Kier molecular flexibility index (Phi) is 5.57. The molecule has 7 nitrogen and oxygen atoms in total. The lowest BCUT2D eigenvalue weighted by molar-refractivity contribution is -0.117. The third-order valence-electron chi connectivity index (χ3n) is 5.60. The van der Waals surface area contributed by atoms with Crippen molar-refractivity contribution in [3.05, 3.63) is 72.2 Å². The van der Waals surface area contributed by atoms with Gasteiger partial charge < -0.3 is 19.1 Å². The highest BCUT2D eigenvalue weighted by atomic mass is 16.3. The number of carbonyl (C=O) groups is 3. The van der Waals surface area contributed by atoms with E-state index in [1.54, 1.807) is 48.2 Å². The van der Waals surface area contributed by atoms with Crippen LogP contribution in [-0.4, -0.2) is 49.3 Å². The molecule has 0 N–H and O–H groups in total. The largest absolute Gasteiger partial charge is 0.459 e. The van der Waals surface area contributed by atoms with Gasteiger partial charge in [0.05, 0.1) is 23.7 Å². The van der Waals surface area contributed by atoms with Crippen molar-refractivity contribution in [3.8, 4) is 11.1 Å². The molecule has 1 atom stereocenters. The van der Waals surface area contributed by atoms with Crippen LogP contribution in [0.5, 0.6) is 0 Å². The second-order valence-corrected chi connectivity index (χ2v) is 8.11. The Hall–Kier alpha value is -3.87. The number of anilines is 2. The van der Waals surface area contributed by atoms with Crippen LogP contribution in [0.2, 0.25) is 0 Å². The minimum absolute atomic E-state index is 0.0664. The highest BCUT2D eigenvalue weighted by Gasteiger charge is 2.35. The maximum absolute atomic E-state index is 13.2. The number of fused-ring (bicyclic) bond motifs is 1. The van der Waals surface area contributed by atoms with Crippen molar-refractivity contribution >= 4 is 29.1 Å². The van der Waals surface area contributed by atoms with Crippen LogP contribution in [0.25, 0.3) is 11.1 Å². The molecular weight excluding hydrogens is 406 g/mol. The standard InChI is InChI=1S/C25H25N3O4/c1-16-15-27(25(31)23-6-5-13-32-23)22-14-20(11-12-21(22)28(16)17(2)29)18-7-9-19(10-8-18)24(30)26(3)4/h5-14,16H,15H2,1-4H3/t16-/m0/s1. The first kappa shape index (κ1) is 21.4. The van der Waals surface area contributed by atoms with E-state index < -0.39 is 0 Å². The third-order valence-corrected chi connectivity index (χ3v) is 5.60. The summed E-state index contributed by atoms with van der Waals surface area (Å²) < 4.78 is 5.34. The van der Waals surface area contributed by atoms with Crippen molar-refractivity contribution in [2.75, 3.05) is 30.4 Å². The summed E-state index contributed by atoms with van der Waals surface area (Å²) in [4.78, 5) is 42.6. The van der Waals surface area contributed by atoms with Gasteiger partial charge >= 0.3 is 0 Å². The topological polar surface area (TPSA) is 74.1 Å². The van der Waals surface area contributed by atoms with E-state index in [1.165, 1.54) is 18.1 Å². The zero-order valence-corrected chi connectivity index (χ0v) is 18.5. The van der Waals surface area contributed by atoms with Crippen LogP contribution in [0.4, 0.5) is 11.4 Å². The quantitative estimate of drug-likeness (QED) is 0.627. The Morgan fingerprint density at radius 1 is 0.969 bits per heavy atom. The Labute approximate surface area is 186 Å². The molecule has 0 saturated carbocycles. The number of rotatable bonds is 3. The number of furan rings is 1. The van der Waals surface area contributed by atoms with Crippen LogP contribution in [0.15, 0.2) is 65.3 Å². The van der Waals surface area contributed by atoms with Gasteiger partial charge in [0.2, 0.25) is 5.91 Å². The molecule has 4 rings (SSSR count). The van der Waals surface area contributed by atoms with Gasteiger partial charge in [-0.3, -0.25) is 14.4 Å². The van der Waals surface area contributed by atoms with E-state index in [-0.39, 0.29) is 29.5 Å². The van der Waals surface area contributed by atoms with Crippen molar-refractivity contribution in [3.63, 3.8) is 0 Å². The van der Waals surface area contributed by atoms with E-state index in [0.717, 1.165) is 11.1 Å². The maximum Gasteiger partial charge on any atom is 0.294 e. The first-order chi connectivity index (χ1) is 15.3. The molecule has 2 aromatic carbocycles. The Morgan fingerprint density at radius 2 is 1.66 bits per heavy atom. The molecule has 164 valence electrons. The summed E-state index contributed by atoms with van der Waals surface area (Å²) in [5, 5.41) is 0. The molecule has 1 aliphatic rings. The summed E-state index contributed by atoms with van der Waals surface area (Å²) in [6.45, 7) is 3.80. The maximum atomic E-state index is 13.2. The minimum atomic E-state index is -0.254. The van der Waals surface area contributed by atoms with E-state index in [9.17, 15) is 14.4 Å². The minimum Gasteiger partial charge on any atom is -0.459 e. The predicted octanol–water partition coefficient (Wildman–Crippen LogP) is 4.05. The Morgan fingerprint density at radius 3 is 2.25 bits per heavy atom. The molecular formula is C25H25N3O4. The van der Waals surface area contributed by atoms with Gasteiger partial charge in [0.1, 0.15) is 0 Å². The number of hydrogen-bond acceptors (Lipinski definition) is 4. The first-order valence-corrected chi connectivity index (χ1v) is 10.4. The molecule has 0 unspecified atom stereocenters. The molecule has 0 bridgehead atoms. The van der Waals surface area contributed by atoms with E-state index in [2.05, 4.69) is 0 Å². The third kappa shape index (κ3) is 3.77. The molecule has 0 spiro atoms.